The van der Waals surface area contributed by atoms with Gasteiger partial charge in [-0.1, -0.05) is 36.7 Å². The lowest BCUT2D eigenvalue weighted by atomic mass is 10.0. The molecule has 1 aliphatic rings. The standard InChI is InChI=1S/C14H27BrO5Si/c1-9(16)18-10-7-12(17)19-11(8-15)13(10)20-21(5,6)14(2,3)4/h10-13,17H,7-8H2,1-6H3/t10-,11-,12?,13+/m1/s1. The van der Waals surface area contributed by atoms with Gasteiger partial charge < -0.3 is 19.0 Å². The highest BCUT2D eigenvalue weighted by Gasteiger charge is 2.47. The second-order valence-electron chi connectivity index (χ2n) is 7.01. The normalized spacial score (nSPS) is 31.0. The molecule has 1 aliphatic heterocycles. The zero-order valence-corrected chi connectivity index (χ0v) is 16.3. The summed E-state index contributed by atoms with van der Waals surface area (Å²) >= 11 is 3.39. The smallest absolute Gasteiger partial charge is 0.302 e. The number of rotatable bonds is 4. The van der Waals surface area contributed by atoms with Crippen molar-refractivity contribution >= 4 is 30.2 Å². The first kappa shape index (κ1) is 19.1. The van der Waals surface area contributed by atoms with E-state index < -0.39 is 20.7 Å². The van der Waals surface area contributed by atoms with Gasteiger partial charge in [0.2, 0.25) is 0 Å². The zero-order valence-electron chi connectivity index (χ0n) is 13.7. The number of carbonyl (C=O) groups is 1. The van der Waals surface area contributed by atoms with Gasteiger partial charge in [-0.05, 0) is 18.1 Å². The van der Waals surface area contributed by atoms with E-state index in [1.54, 1.807) is 0 Å². The van der Waals surface area contributed by atoms with Gasteiger partial charge in [-0.3, -0.25) is 4.79 Å². The molecule has 21 heavy (non-hydrogen) atoms. The molecule has 1 rings (SSSR count). The van der Waals surface area contributed by atoms with E-state index in [9.17, 15) is 9.90 Å². The average Bonchev–Trinajstić information content (AvgIpc) is 2.29. The van der Waals surface area contributed by atoms with Gasteiger partial charge in [0.05, 0.1) is 6.10 Å². The fourth-order valence-corrected chi connectivity index (χ4v) is 3.89. The molecule has 0 spiro atoms. The van der Waals surface area contributed by atoms with Crippen LogP contribution < -0.4 is 0 Å². The molecule has 4 atom stereocenters. The lowest BCUT2D eigenvalue weighted by Gasteiger charge is -2.45. The lowest BCUT2D eigenvalue weighted by Crippen LogP contribution is -2.57. The van der Waals surface area contributed by atoms with Gasteiger partial charge >= 0.3 is 5.97 Å². The molecule has 0 aliphatic carbocycles. The Morgan fingerprint density at radius 1 is 1.43 bits per heavy atom. The minimum absolute atomic E-state index is 0.0424. The van der Waals surface area contributed by atoms with Crippen molar-refractivity contribution in [3.05, 3.63) is 0 Å². The Morgan fingerprint density at radius 3 is 2.43 bits per heavy atom. The number of ether oxygens (including phenoxy) is 2. The predicted octanol–water partition coefficient (Wildman–Crippen LogP) is 2.81. The monoisotopic (exact) mass is 382 g/mol. The Kier molecular flexibility index (Phi) is 6.44. The Bertz CT molecular complexity index is 369. The molecular formula is C14H27BrO5Si. The van der Waals surface area contributed by atoms with Crippen molar-refractivity contribution in [1.82, 2.24) is 0 Å². The summed E-state index contributed by atoms with van der Waals surface area (Å²) in [4.78, 5) is 11.3. The molecule has 1 fully saturated rings. The number of aliphatic hydroxyl groups excluding tert-OH is 1. The summed E-state index contributed by atoms with van der Waals surface area (Å²) in [6, 6.07) is 0. The summed E-state index contributed by atoms with van der Waals surface area (Å²) in [6.45, 7) is 12.1. The summed E-state index contributed by atoms with van der Waals surface area (Å²) in [5.41, 5.74) is 0. The molecular weight excluding hydrogens is 356 g/mol. The van der Waals surface area contributed by atoms with Gasteiger partial charge in [0.25, 0.3) is 0 Å². The highest BCUT2D eigenvalue weighted by molar-refractivity contribution is 9.09. The molecule has 1 heterocycles. The third-order valence-electron chi connectivity index (χ3n) is 4.20. The summed E-state index contributed by atoms with van der Waals surface area (Å²) in [7, 11) is -2.04. The molecule has 5 nitrogen and oxygen atoms in total. The van der Waals surface area contributed by atoms with Crippen molar-refractivity contribution < 1.29 is 23.8 Å². The third-order valence-corrected chi connectivity index (χ3v) is 9.32. The van der Waals surface area contributed by atoms with Crippen LogP contribution in [0.1, 0.15) is 34.1 Å². The molecule has 0 bridgehead atoms. The summed E-state index contributed by atoms with van der Waals surface area (Å²) in [6.07, 6.45) is -1.88. The molecule has 0 amide bonds. The predicted molar refractivity (Wildman–Crippen MR) is 86.9 cm³/mol. The molecule has 0 radical (unpaired) electrons. The SMILES string of the molecule is CC(=O)O[C@@H]1CC(O)O[C@H](CBr)[C@H]1O[Si](C)(C)C(C)(C)C. The number of esters is 1. The quantitative estimate of drug-likeness (QED) is 0.460. The van der Waals surface area contributed by atoms with Crippen LogP contribution in [0, 0.1) is 0 Å². The van der Waals surface area contributed by atoms with Crippen LogP contribution >= 0.6 is 15.9 Å². The molecule has 0 aromatic heterocycles. The van der Waals surface area contributed by atoms with Gasteiger partial charge in [-0.2, -0.15) is 0 Å². The zero-order chi connectivity index (χ0) is 16.4. The summed E-state index contributed by atoms with van der Waals surface area (Å²) < 4.78 is 17.3. The molecule has 1 unspecified atom stereocenters. The fourth-order valence-electron chi connectivity index (χ4n) is 2.03. The van der Waals surface area contributed by atoms with Crippen molar-refractivity contribution in [2.24, 2.45) is 0 Å². The number of hydrogen-bond donors (Lipinski definition) is 1. The maximum absolute atomic E-state index is 11.3. The first-order valence-electron chi connectivity index (χ1n) is 7.22. The van der Waals surface area contributed by atoms with E-state index in [1.807, 2.05) is 0 Å². The number of carbonyl (C=O) groups excluding carboxylic acids is 1. The van der Waals surface area contributed by atoms with Gasteiger partial charge in [0, 0.05) is 18.7 Å². The van der Waals surface area contributed by atoms with Crippen molar-refractivity contribution in [2.45, 2.75) is 76.8 Å². The van der Waals surface area contributed by atoms with Crippen LogP contribution in [-0.2, 0) is 18.7 Å². The van der Waals surface area contributed by atoms with E-state index in [4.69, 9.17) is 13.9 Å². The highest BCUT2D eigenvalue weighted by Crippen LogP contribution is 2.39. The minimum Gasteiger partial charge on any atom is -0.460 e. The molecule has 7 heteroatoms. The van der Waals surface area contributed by atoms with Crippen molar-refractivity contribution in [2.75, 3.05) is 5.33 Å². The van der Waals surface area contributed by atoms with E-state index in [0.29, 0.717) is 5.33 Å². The first-order chi connectivity index (χ1) is 9.48. The minimum atomic E-state index is -2.04. The largest absolute Gasteiger partial charge is 0.460 e. The van der Waals surface area contributed by atoms with Crippen LogP contribution in [0.3, 0.4) is 0 Å². The number of hydrogen-bond acceptors (Lipinski definition) is 5. The van der Waals surface area contributed by atoms with E-state index in [1.165, 1.54) is 6.92 Å². The second-order valence-corrected chi connectivity index (χ2v) is 12.4. The molecule has 1 N–H and O–H groups in total. The van der Waals surface area contributed by atoms with E-state index in [2.05, 4.69) is 49.8 Å². The summed E-state index contributed by atoms with van der Waals surface area (Å²) in [5.74, 6) is -0.369. The Hall–Kier alpha value is 0.0469. The lowest BCUT2D eigenvalue weighted by molar-refractivity contribution is -0.228. The fraction of sp³-hybridized carbons (Fsp3) is 0.929. The van der Waals surface area contributed by atoms with Gasteiger partial charge in [0.1, 0.15) is 12.2 Å². The summed E-state index contributed by atoms with van der Waals surface area (Å²) in [5, 5.41) is 10.3. The van der Waals surface area contributed by atoms with Gasteiger partial charge in [-0.25, -0.2) is 0 Å². The van der Waals surface area contributed by atoms with E-state index >= 15 is 0 Å². The topological polar surface area (TPSA) is 65.0 Å². The molecule has 124 valence electrons. The molecule has 0 aromatic carbocycles. The van der Waals surface area contributed by atoms with E-state index in [-0.39, 0.29) is 29.6 Å². The van der Waals surface area contributed by atoms with Crippen LogP contribution in [0.5, 0.6) is 0 Å². The van der Waals surface area contributed by atoms with Crippen LogP contribution in [-0.4, -0.2) is 49.3 Å². The number of aliphatic hydroxyl groups is 1. The molecule has 1 saturated heterocycles. The average molecular weight is 383 g/mol. The van der Waals surface area contributed by atoms with Crippen molar-refractivity contribution in [3.63, 3.8) is 0 Å². The van der Waals surface area contributed by atoms with E-state index in [0.717, 1.165) is 0 Å². The van der Waals surface area contributed by atoms with Gasteiger partial charge in [-0.15, -0.1) is 0 Å². The number of alkyl halides is 1. The Labute approximate surface area is 136 Å². The maximum Gasteiger partial charge on any atom is 0.302 e. The Balaban J connectivity index is 2.97. The van der Waals surface area contributed by atoms with Crippen LogP contribution in [0.15, 0.2) is 0 Å². The number of halogens is 1. The highest BCUT2D eigenvalue weighted by atomic mass is 79.9. The van der Waals surface area contributed by atoms with Crippen LogP contribution in [0.4, 0.5) is 0 Å². The second kappa shape index (κ2) is 7.08. The Morgan fingerprint density at radius 2 is 2.00 bits per heavy atom. The van der Waals surface area contributed by atoms with Gasteiger partial charge in [0.15, 0.2) is 14.6 Å². The van der Waals surface area contributed by atoms with Crippen molar-refractivity contribution in [1.29, 1.82) is 0 Å². The molecule has 0 saturated carbocycles. The third kappa shape index (κ3) is 5.02. The van der Waals surface area contributed by atoms with Crippen molar-refractivity contribution in [3.8, 4) is 0 Å². The molecule has 0 aromatic rings. The first-order valence-corrected chi connectivity index (χ1v) is 11.3. The van der Waals surface area contributed by atoms with Crippen LogP contribution in [0.25, 0.3) is 0 Å². The van der Waals surface area contributed by atoms with Crippen LogP contribution in [0.2, 0.25) is 18.1 Å². The maximum atomic E-state index is 11.3.